The predicted molar refractivity (Wildman–Crippen MR) is 77.6 cm³/mol. The number of halogens is 1. The van der Waals surface area contributed by atoms with Crippen LogP contribution in [-0.4, -0.2) is 42.4 Å². The number of epoxide rings is 1. The summed E-state index contributed by atoms with van der Waals surface area (Å²) in [4.78, 5) is 12.4. The standard InChI is InChI=1S/C15H21BrO4/c16-12-7-10-13(19-6-4-2-1-3-5-17)8-11(12)15(9-20-15)14(10)18/h7,10-11,13,17H,1-6,8-9H2/t10-,11-,13-,15-/m0/s1. The van der Waals surface area contributed by atoms with Crippen LogP contribution in [0.5, 0.6) is 0 Å². The maximum Gasteiger partial charge on any atom is 0.177 e. The zero-order valence-electron chi connectivity index (χ0n) is 11.5. The van der Waals surface area contributed by atoms with Gasteiger partial charge in [-0.3, -0.25) is 4.79 Å². The molecule has 0 aromatic carbocycles. The van der Waals surface area contributed by atoms with Gasteiger partial charge in [-0.2, -0.15) is 0 Å². The maximum absolute atomic E-state index is 12.4. The fourth-order valence-electron chi connectivity index (χ4n) is 3.39. The predicted octanol–water partition coefficient (Wildman–Crippen LogP) is 2.19. The lowest BCUT2D eigenvalue weighted by Crippen LogP contribution is -2.53. The molecule has 20 heavy (non-hydrogen) atoms. The van der Waals surface area contributed by atoms with Gasteiger partial charge in [0.25, 0.3) is 0 Å². The minimum Gasteiger partial charge on any atom is -0.396 e. The fraction of sp³-hybridized carbons (Fsp3) is 0.800. The second kappa shape index (κ2) is 5.87. The molecule has 2 fully saturated rings. The Morgan fingerprint density at radius 2 is 2.15 bits per heavy atom. The topological polar surface area (TPSA) is 59.1 Å². The number of hydrogen-bond acceptors (Lipinski definition) is 4. The zero-order chi connectivity index (χ0) is 14.2. The Balaban J connectivity index is 1.50. The Morgan fingerprint density at radius 3 is 2.85 bits per heavy atom. The molecule has 1 N–H and O–H groups in total. The third-order valence-electron chi connectivity index (χ3n) is 4.66. The molecule has 1 spiro atoms. The summed E-state index contributed by atoms with van der Waals surface area (Å²) in [6, 6.07) is 0. The van der Waals surface area contributed by atoms with Crippen molar-refractivity contribution in [2.45, 2.75) is 43.8 Å². The fourth-order valence-corrected chi connectivity index (χ4v) is 4.23. The highest BCUT2D eigenvalue weighted by Gasteiger charge is 2.66. The van der Waals surface area contributed by atoms with Gasteiger partial charge in [0.2, 0.25) is 0 Å². The third kappa shape index (κ3) is 2.49. The quantitative estimate of drug-likeness (QED) is 0.568. The zero-order valence-corrected chi connectivity index (χ0v) is 13.1. The number of rotatable bonds is 7. The average molecular weight is 345 g/mol. The number of hydrogen-bond donors (Lipinski definition) is 1. The molecule has 4 aliphatic rings. The number of Topliss-reactive ketones (excluding diaryl/α,β-unsaturated/α-hetero) is 1. The van der Waals surface area contributed by atoms with Crippen LogP contribution in [0.1, 0.15) is 32.1 Å². The normalized spacial score (nSPS) is 38.4. The molecule has 0 aromatic heterocycles. The lowest BCUT2D eigenvalue weighted by Gasteiger charge is -2.42. The van der Waals surface area contributed by atoms with E-state index in [1.807, 2.05) is 6.08 Å². The Bertz CT molecular complexity index is 416. The second-order valence-electron chi connectivity index (χ2n) is 5.96. The van der Waals surface area contributed by atoms with Crippen LogP contribution < -0.4 is 0 Å². The number of carbonyl (C=O) groups is 1. The van der Waals surface area contributed by atoms with Gasteiger partial charge in [0, 0.05) is 19.1 Å². The van der Waals surface area contributed by atoms with Gasteiger partial charge in [-0.15, -0.1) is 0 Å². The van der Waals surface area contributed by atoms with Gasteiger partial charge in [-0.05, 0) is 23.7 Å². The molecule has 3 aliphatic carbocycles. The molecule has 0 unspecified atom stereocenters. The summed E-state index contributed by atoms with van der Waals surface area (Å²) in [5, 5.41) is 8.72. The maximum atomic E-state index is 12.4. The molecule has 1 saturated carbocycles. The minimum absolute atomic E-state index is 0.0152. The molecule has 2 bridgehead atoms. The summed E-state index contributed by atoms with van der Waals surface area (Å²) in [7, 11) is 0. The van der Waals surface area contributed by atoms with Crippen molar-refractivity contribution in [2.75, 3.05) is 19.8 Å². The molecule has 0 aromatic rings. The van der Waals surface area contributed by atoms with Crippen LogP contribution in [0.15, 0.2) is 10.6 Å². The number of unbranched alkanes of at least 4 members (excludes halogenated alkanes) is 3. The summed E-state index contributed by atoms with van der Waals surface area (Å²) in [6.07, 6.45) is 6.88. The van der Waals surface area contributed by atoms with Gasteiger partial charge in [-0.25, -0.2) is 0 Å². The molecule has 4 rings (SSSR count). The van der Waals surface area contributed by atoms with Crippen LogP contribution in [0.25, 0.3) is 0 Å². The van der Waals surface area contributed by atoms with E-state index in [0.29, 0.717) is 13.2 Å². The first-order valence-corrected chi connectivity index (χ1v) is 8.26. The minimum atomic E-state index is -0.515. The molecular weight excluding hydrogens is 324 g/mol. The molecule has 4 nitrogen and oxygen atoms in total. The molecule has 5 heteroatoms. The number of ether oxygens (including phenoxy) is 2. The third-order valence-corrected chi connectivity index (χ3v) is 5.48. The first kappa shape index (κ1) is 14.7. The Hall–Kier alpha value is -0.230. The molecule has 0 amide bonds. The van der Waals surface area contributed by atoms with E-state index < -0.39 is 5.60 Å². The van der Waals surface area contributed by atoms with E-state index >= 15 is 0 Å². The van der Waals surface area contributed by atoms with Crippen molar-refractivity contribution in [3.63, 3.8) is 0 Å². The lowest BCUT2D eigenvalue weighted by atomic mass is 9.66. The molecular formula is C15H21BrO4. The van der Waals surface area contributed by atoms with E-state index in [1.165, 1.54) is 0 Å². The van der Waals surface area contributed by atoms with Crippen molar-refractivity contribution in [3.8, 4) is 0 Å². The van der Waals surface area contributed by atoms with Gasteiger partial charge in [-0.1, -0.05) is 34.8 Å². The first-order valence-electron chi connectivity index (χ1n) is 7.47. The number of fused-ring (bicyclic) bond motifs is 1. The van der Waals surface area contributed by atoms with Crippen LogP contribution in [0.3, 0.4) is 0 Å². The van der Waals surface area contributed by atoms with Crippen LogP contribution >= 0.6 is 15.9 Å². The van der Waals surface area contributed by atoms with E-state index in [1.54, 1.807) is 0 Å². The van der Waals surface area contributed by atoms with Crippen LogP contribution in [0, 0.1) is 11.8 Å². The summed E-state index contributed by atoms with van der Waals surface area (Å²) >= 11 is 3.58. The molecule has 4 atom stereocenters. The van der Waals surface area contributed by atoms with Crippen LogP contribution in [-0.2, 0) is 14.3 Å². The second-order valence-corrected chi connectivity index (χ2v) is 6.87. The van der Waals surface area contributed by atoms with Crippen molar-refractivity contribution in [3.05, 3.63) is 10.6 Å². The number of aliphatic hydroxyl groups excluding tert-OH is 1. The van der Waals surface area contributed by atoms with E-state index in [4.69, 9.17) is 14.6 Å². The lowest BCUT2D eigenvalue weighted by molar-refractivity contribution is -0.140. The van der Waals surface area contributed by atoms with Crippen molar-refractivity contribution in [2.24, 2.45) is 11.8 Å². The van der Waals surface area contributed by atoms with Gasteiger partial charge >= 0.3 is 0 Å². The van der Waals surface area contributed by atoms with Crippen molar-refractivity contribution in [1.29, 1.82) is 0 Å². The molecule has 0 radical (unpaired) electrons. The van der Waals surface area contributed by atoms with Gasteiger partial charge in [0.05, 0.1) is 18.6 Å². The molecule has 1 saturated heterocycles. The highest BCUT2D eigenvalue weighted by atomic mass is 79.9. The first-order chi connectivity index (χ1) is 9.69. The Morgan fingerprint density at radius 1 is 1.40 bits per heavy atom. The SMILES string of the molecule is O=C1[C@H]2C=C(Br)[C@H](C[C@@H]2OCCCCCCO)[C@@]12CO2. The number of aliphatic hydroxyl groups is 1. The van der Waals surface area contributed by atoms with E-state index in [2.05, 4.69) is 15.9 Å². The largest absolute Gasteiger partial charge is 0.396 e. The Kier molecular flexibility index (Phi) is 4.32. The van der Waals surface area contributed by atoms with E-state index in [0.717, 1.165) is 36.6 Å². The summed E-state index contributed by atoms with van der Waals surface area (Å²) in [5.41, 5.74) is -0.515. The molecule has 112 valence electrons. The Labute approximate surface area is 127 Å². The summed E-state index contributed by atoms with van der Waals surface area (Å²) in [6.45, 7) is 1.54. The number of ketones is 1. The summed E-state index contributed by atoms with van der Waals surface area (Å²) in [5.74, 6) is 0.218. The van der Waals surface area contributed by atoms with Crippen LogP contribution in [0.2, 0.25) is 0 Å². The number of carbonyl (C=O) groups excluding carboxylic acids is 1. The highest BCUT2D eigenvalue weighted by molar-refractivity contribution is 9.11. The highest BCUT2D eigenvalue weighted by Crippen LogP contribution is 2.55. The monoisotopic (exact) mass is 344 g/mol. The van der Waals surface area contributed by atoms with Crippen molar-refractivity contribution < 1.29 is 19.4 Å². The molecule has 1 heterocycles. The van der Waals surface area contributed by atoms with Gasteiger partial charge in [0.15, 0.2) is 11.4 Å². The van der Waals surface area contributed by atoms with Crippen molar-refractivity contribution in [1.82, 2.24) is 0 Å². The average Bonchev–Trinajstić information content (AvgIpc) is 3.22. The van der Waals surface area contributed by atoms with E-state index in [-0.39, 0.29) is 30.3 Å². The van der Waals surface area contributed by atoms with Gasteiger partial charge in [0.1, 0.15) is 0 Å². The molecule has 1 aliphatic heterocycles. The summed E-state index contributed by atoms with van der Waals surface area (Å²) < 4.78 is 12.5. The van der Waals surface area contributed by atoms with Crippen molar-refractivity contribution >= 4 is 21.7 Å². The smallest absolute Gasteiger partial charge is 0.177 e. The van der Waals surface area contributed by atoms with E-state index in [9.17, 15) is 4.79 Å². The van der Waals surface area contributed by atoms with Gasteiger partial charge < -0.3 is 14.6 Å². The van der Waals surface area contributed by atoms with Crippen LogP contribution in [0.4, 0.5) is 0 Å².